The van der Waals surface area contributed by atoms with Gasteiger partial charge < -0.3 is 9.64 Å². The summed E-state index contributed by atoms with van der Waals surface area (Å²) in [7, 11) is 0. The molecule has 0 amide bonds. The second-order valence-electron chi connectivity index (χ2n) is 4.69. The molecule has 2 heteroatoms. The Bertz CT molecular complexity index is 488. The van der Waals surface area contributed by atoms with E-state index in [0.29, 0.717) is 6.73 Å². The molecule has 17 heavy (non-hydrogen) atoms. The number of benzene rings is 1. The van der Waals surface area contributed by atoms with E-state index in [1.165, 1.54) is 16.8 Å². The molecular formula is C15H17NO. The van der Waals surface area contributed by atoms with Gasteiger partial charge in [0.1, 0.15) is 5.75 Å². The molecule has 0 bridgehead atoms. The zero-order chi connectivity index (χ0) is 11.7. The molecule has 3 rings (SSSR count). The van der Waals surface area contributed by atoms with Gasteiger partial charge in [-0.15, -0.1) is 0 Å². The first-order chi connectivity index (χ1) is 8.33. The van der Waals surface area contributed by atoms with Crippen LogP contribution in [0.4, 0.5) is 0 Å². The number of fused-ring (bicyclic) bond motifs is 1. The van der Waals surface area contributed by atoms with E-state index in [4.69, 9.17) is 4.74 Å². The highest BCUT2D eigenvalue weighted by Crippen LogP contribution is 2.28. The van der Waals surface area contributed by atoms with Crippen LogP contribution in [0.2, 0.25) is 0 Å². The first-order valence-corrected chi connectivity index (χ1v) is 6.17. The summed E-state index contributed by atoms with van der Waals surface area (Å²) in [5, 5.41) is 0. The predicted octanol–water partition coefficient (Wildman–Crippen LogP) is 3.38. The molecule has 0 saturated heterocycles. The smallest absolute Gasteiger partial charge is 0.161 e. The molecule has 0 fully saturated rings. The molecule has 0 saturated carbocycles. The summed E-state index contributed by atoms with van der Waals surface area (Å²) in [6.45, 7) is 3.73. The minimum Gasteiger partial charge on any atom is -0.473 e. The first kappa shape index (κ1) is 10.5. The Balaban J connectivity index is 1.84. The number of aryl methyl sites for hydroxylation is 1. The number of allylic oxidation sites excluding steroid dienone is 3. The summed E-state index contributed by atoms with van der Waals surface area (Å²) in [5.74, 6) is 1.03. The number of ether oxygens (including phenoxy) is 1. The van der Waals surface area contributed by atoms with Crippen molar-refractivity contribution in [1.82, 2.24) is 4.90 Å². The molecule has 88 valence electrons. The second kappa shape index (κ2) is 4.28. The lowest BCUT2D eigenvalue weighted by Gasteiger charge is -2.32. The van der Waals surface area contributed by atoms with Crippen molar-refractivity contribution in [2.75, 3.05) is 6.73 Å². The van der Waals surface area contributed by atoms with Gasteiger partial charge >= 0.3 is 0 Å². The van der Waals surface area contributed by atoms with Crippen molar-refractivity contribution in [3.05, 3.63) is 53.3 Å². The molecule has 0 radical (unpaired) electrons. The van der Waals surface area contributed by atoms with Crippen LogP contribution in [0.15, 0.2) is 42.1 Å². The molecule has 0 spiro atoms. The van der Waals surface area contributed by atoms with Crippen molar-refractivity contribution in [2.45, 2.75) is 26.3 Å². The molecule has 2 nitrogen and oxygen atoms in total. The fraction of sp³-hybridized carbons (Fsp3) is 0.333. The van der Waals surface area contributed by atoms with Crippen molar-refractivity contribution in [2.24, 2.45) is 0 Å². The third-order valence-electron chi connectivity index (χ3n) is 3.29. The maximum atomic E-state index is 5.80. The lowest BCUT2D eigenvalue weighted by molar-refractivity contribution is 0.131. The van der Waals surface area contributed by atoms with Gasteiger partial charge in [0.15, 0.2) is 6.73 Å². The largest absolute Gasteiger partial charge is 0.473 e. The molecule has 0 aromatic heterocycles. The third-order valence-corrected chi connectivity index (χ3v) is 3.29. The first-order valence-electron chi connectivity index (χ1n) is 6.17. The van der Waals surface area contributed by atoms with E-state index in [1.807, 2.05) is 0 Å². The topological polar surface area (TPSA) is 12.5 Å². The summed E-state index contributed by atoms with van der Waals surface area (Å²) >= 11 is 0. The normalized spacial score (nSPS) is 18.4. The molecule has 1 aromatic carbocycles. The summed E-state index contributed by atoms with van der Waals surface area (Å²) in [4.78, 5) is 2.29. The monoisotopic (exact) mass is 227 g/mol. The van der Waals surface area contributed by atoms with Gasteiger partial charge in [-0.2, -0.15) is 0 Å². The molecule has 2 aliphatic rings. The van der Waals surface area contributed by atoms with Crippen LogP contribution >= 0.6 is 0 Å². The lowest BCUT2D eigenvalue weighted by Crippen LogP contribution is -2.31. The van der Waals surface area contributed by atoms with Gasteiger partial charge in [-0.3, -0.25) is 0 Å². The summed E-state index contributed by atoms with van der Waals surface area (Å²) in [6.07, 6.45) is 9.04. The molecule has 1 aliphatic carbocycles. The van der Waals surface area contributed by atoms with Gasteiger partial charge in [-0.05, 0) is 31.9 Å². The average molecular weight is 227 g/mol. The maximum absolute atomic E-state index is 5.80. The molecule has 0 atom stereocenters. The van der Waals surface area contributed by atoms with E-state index < -0.39 is 0 Å². The minimum atomic E-state index is 0.659. The van der Waals surface area contributed by atoms with Crippen molar-refractivity contribution in [3.63, 3.8) is 0 Å². The van der Waals surface area contributed by atoms with Crippen molar-refractivity contribution < 1.29 is 4.74 Å². The molecule has 1 aromatic rings. The highest BCUT2D eigenvalue weighted by atomic mass is 16.5. The van der Waals surface area contributed by atoms with E-state index in [1.54, 1.807) is 0 Å². The molecule has 1 aliphatic heterocycles. The molecule has 0 unspecified atom stereocenters. The van der Waals surface area contributed by atoms with Crippen LogP contribution in [0.3, 0.4) is 0 Å². The number of rotatable bonds is 1. The van der Waals surface area contributed by atoms with Crippen LogP contribution < -0.4 is 4.74 Å². The van der Waals surface area contributed by atoms with Crippen LogP contribution in [-0.4, -0.2) is 11.6 Å². The Morgan fingerprint density at radius 1 is 1.24 bits per heavy atom. The van der Waals surface area contributed by atoms with Crippen LogP contribution in [0.1, 0.15) is 24.0 Å². The lowest BCUT2D eigenvalue weighted by atomic mass is 10.1. The third kappa shape index (κ3) is 2.07. The predicted molar refractivity (Wildman–Crippen MR) is 68.7 cm³/mol. The zero-order valence-electron chi connectivity index (χ0n) is 10.1. The Kier molecular flexibility index (Phi) is 2.63. The molecule has 1 heterocycles. The van der Waals surface area contributed by atoms with Crippen molar-refractivity contribution in [3.8, 4) is 5.75 Å². The summed E-state index contributed by atoms with van der Waals surface area (Å²) < 4.78 is 5.80. The maximum Gasteiger partial charge on any atom is 0.161 e. The number of nitrogens with zero attached hydrogens (tertiary/aromatic N) is 1. The molecular weight excluding hydrogens is 210 g/mol. The fourth-order valence-electron chi connectivity index (χ4n) is 2.37. The van der Waals surface area contributed by atoms with Crippen molar-refractivity contribution in [1.29, 1.82) is 0 Å². The fourth-order valence-corrected chi connectivity index (χ4v) is 2.37. The Morgan fingerprint density at radius 2 is 2.18 bits per heavy atom. The van der Waals surface area contributed by atoms with Gasteiger partial charge in [0.2, 0.25) is 0 Å². The van der Waals surface area contributed by atoms with Crippen LogP contribution in [-0.2, 0) is 6.54 Å². The van der Waals surface area contributed by atoms with E-state index in [2.05, 4.69) is 48.3 Å². The second-order valence-corrected chi connectivity index (χ2v) is 4.69. The van der Waals surface area contributed by atoms with Gasteiger partial charge in [0.25, 0.3) is 0 Å². The van der Waals surface area contributed by atoms with E-state index in [9.17, 15) is 0 Å². The van der Waals surface area contributed by atoms with Crippen LogP contribution in [0.25, 0.3) is 0 Å². The average Bonchev–Trinajstić information content (AvgIpc) is 2.39. The summed E-state index contributed by atoms with van der Waals surface area (Å²) in [5.41, 5.74) is 3.88. The van der Waals surface area contributed by atoms with Gasteiger partial charge in [0.05, 0.1) is 0 Å². The molecule has 0 N–H and O–H groups in total. The van der Waals surface area contributed by atoms with Crippen LogP contribution in [0.5, 0.6) is 5.75 Å². The van der Waals surface area contributed by atoms with E-state index >= 15 is 0 Å². The minimum absolute atomic E-state index is 0.659. The van der Waals surface area contributed by atoms with E-state index in [0.717, 1.165) is 25.1 Å². The Morgan fingerprint density at radius 3 is 3.00 bits per heavy atom. The Hall–Kier alpha value is -1.70. The van der Waals surface area contributed by atoms with Gasteiger partial charge in [0, 0.05) is 17.8 Å². The SMILES string of the molecule is Cc1ccc2c(c1)CN(C1=CCCC=C1)CO2. The summed E-state index contributed by atoms with van der Waals surface area (Å²) in [6, 6.07) is 6.40. The quantitative estimate of drug-likeness (QED) is 0.729. The Labute approximate surface area is 102 Å². The number of hydrogen-bond donors (Lipinski definition) is 0. The zero-order valence-corrected chi connectivity index (χ0v) is 10.1. The highest BCUT2D eigenvalue weighted by Gasteiger charge is 2.18. The van der Waals surface area contributed by atoms with Gasteiger partial charge in [-0.25, -0.2) is 0 Å². The van der Waals surface area contributed by atoms with Crippen molar-refractivity contribution >= 4 is 0 Å². The van der Waals surface area contributed by atoms with Gasteiger partial charge in [-0.1, -0.05) is 29.8 Å². The number of hydrogen-bond acceptors (Lipinski definition) is 2. The standard InChI is InChI=1S/C15H17NO/c1-12-7-8-15-13(9-12)10-16(11-17-15)14-5-3-2-4-6-14/h3,5-9H,2,4,10-11H2,1H3. The highest BCUT2D eigenvalue weighted by molar-refractivity contribution is 5.39. The van der Waals surface area contributed by atoms with Crippen LogP contribution in [0, 0.1) is 6.92 Å². The van der Waals surface area contributed by atoms with E-state index in [-0.39, 0.29) is 0 Å².